The molecule has 0 aliphatic carbocycles. The third-order valence-electron chi connectivity index (χ3n) is 1.71. The summed E-state index contributed by atoms with van der Waals surface area (Å²) in [6, 6.07) is 3.60. The maximum absolute atomic E-state index is 11.1. The normalized spacial score (nSPS) is 9.88. The van der Waals surface area contributed by atoms with E-state index in [1.807, 2.05) is 6.07 Å². The van der Waals surface area contributed by atoms with Crippen molar-refractivity contribution in [1.29, 1.82) is 0 Å². The van der Waals surface area contributed by atoms with Crippen LogP contribution >= 0.6 is 28.1 Å². The minimum absolute atomic E-state index is 0.154. The molecule has 4 nitrogen and oxygen atoms in total. The fourth-order valence-corrected chi connectivity index (χ4v) is 1.55. The van der Waals surface area contributed by atoms with Gasteiger partial charge in [-0.2, -0.15) is 5.10 Å². The second-order valence-electron chi connectivity index (χ2n) is 3.04. The van der Waals surface area contributed by atoms with Gasteiger partial charge >= 0.3 is 5.97 Å². The molecule has 0 saturated heterocycles. The molecule has 0 aliphatic rings. The van der Waals surface area contributed by atoms with Gasteiger partial charge in [0.15, 0.2) is 0 Å². The fraction of sp³-hybridized carbons (Fsp3) is 0.400. The van der Waals surface area contributed by atoms with Gasteiger partial charge in [-0.3, -0.25) is 4.79 Å². The standard InChI is InChI=1S/C10H11BrN2O2S/c1-2-15-10(14)6-8(16)5-7-3-4-9(11)13-12-7/h3-4H,2,5-6H2,1H3. The second-order valence-corrected chi connectivity index (χ2v) is 4.43. The van der Waals surface area contributed by atoms with Crippen LogP contribution in [0.2, 0.25) is 0 Å². The van der Waals surface area contributed by atoms with E-state index >= 15 is 0 Å². The second kappa shape index (κ2) is 6.65. The zero-order valence-corrected chi connectivity index (χ0v) is 11.2. The molecule has 1 aromatic rings. The lowest BCUT2D eigenvalue weighted by molar-refractivity contribution is -0.141. The summed E-state index contributed by atoms with van der Waals surface area (Å²) in [5.74, 6) is -0.294. The minimum atomic E-state index is -0.294. The Bertz CT molecular complexity index is 381. The summed E-state index contributed by atoms with van der Waals surface area (Å²) >= 11 is 8.27. The van der Waals surface area contributed by atoms with Crippen molar-refractivity contribution in [2.75, 3.05) is 6.61 Å². The molecule has 16 heavy (non-hydrogen) atoms. The summed E-state index contributed by atoms with van der Waals surface area (Å²) in [6.07, 6.45) is 0.620. The Morgan fingerprint density at radius 1 is 1.50 bits per heavy atom. The molecule has 6 heteroatoms. The topological polar surface area (TPSA) is 52.1 Å². The van der Waals surface area contributed by atoms with E-state index in [0.29, 0.717) is 22.5 Å². The quantitative estimate of drug-likeness (QED) is 0.616. The fourth-order valence-electron chi connectivity index (χ4n) is 1.08. The Kier molecular flexibility index (Phi) is 5.48. The third kappa shape index (κ3) is 4.76. The first-order chi connectivity index (χ1) is 7.61. The van der Waals surface area contributed by atoms with Gasteiger partial charge in [-0.05, 0) is 35.0 Å². The molecule has 0 aliphatic heterocycles. The number of esters is 1. The van der Waals surface area contributed by atoms with E-state index in [9.17, 15) is 4.79 Å². The maximum Gasteiger partial charge on any atom is 0.310 e. The molecule has 0 aromatic carbocycles. The molecule has 1 aromatic heterocycles. The van der Waals surface area contributed by atoms with Crippen molar-refractivity contribution in [2.45, 2.75) is 19.8 Å². The molecule has 0 amide bonds. The lowest BCUT2D eigenvalue weighted by atomic mass is 10.2. The van der Waals surface area contributed by atoms with Crippen molar-refractivity contribution in [1.82, 2.24) is 10.2 Å². The van der Waals surface area contributed by atoms with E-state index < -0.39 is 0 Å². The van der Waals surface area contributed by atoms with Gasteiger partial charge < -0.3 is 4.74 Å². The van der Waals surface area contributed by atoms with Crippen LogP contribution in [-0.2, 0) is 16.0 Å². The van der Waals surface area contributed by atoms with Crippen molar-refractivity contribution in [2.24, 2.45) is 0 Å². The van der Waals surface area contributed by atoms with Crippen molar-refractivity contribution in [3.63, 3.8) is 0 Å². The SMILES string of the molecule is CCOC(=O)CC(=S)Cc1ccc(Br)nn1. The number of halogens is 1. The smallest absolute Gasteiger partial charge is 0.310 e. The Hall–Kier alpha value is -0.880. The Morgan fingerprint density at radius 2 is 2.25 bits per heavy atom. The molecule has 0 atom stereocenters. The van der Waals surface area contributed by atoms with E-state index in [4.69, 9.17) is 17.0 Å². The van der Waals surface area contributed by atoms with Gasteiger partial charge in [0, 0.05) is 11.3 Å². The Balaban J connectivity index is 2.45. The van der Waals surface area contributed by atoms with Gasteiger partial charge in [-0.1, -0.05) is 12.2 Å². The average molecular weight is 303 g/mol. The number of aromatic nitrogens is 2. The van der Waals surface area contributed by atoms with Crippen LogP contribution in [0, 0.1) is 0 Å². The van der Waals surface area contributed by atoms with E-state index in [1.54, 1.807) is 13.0 Å². The molecule has 0 fully saturated rings. The summed E-state index contributed by atoms with van der Waals surface area (Å²) in [5, 5.41) is 7.77. The summed E-state index contributed by atoms with van der Waals surface area (Å²) in [4.78, 5) is 11.8. The van der Waals surface area contributed by atoms with E-state index in [-0.39, 0.29) is 12.4 Å². The molecule has 0 spiro atoms. The van der Waals surface area contributed by atoms with Crippen LogP contribution in [0.4, 0.5) is 0 Å². The van der Waals surface area contributed by atoms with Crippen molar-refractivity contribution >= 4 is 39.0 Å². The molecule has 0 saturated carbocycles. The van der Waals surface area contributed by atoms with E-state index in [1.165, 1.54) is 0 Å². The van der Waals surface area contributed by atoms with Crippen LogP contribution in [-0.4, -0.2) is 27.6 Å². The molecule has 1 rings (SSSR count). The number of carbonyl (C=O) groups excluding carboxylic acids is 1. The predicted octanol–water partition coefficient (Wildman–Crippen LogP) is 2.10. The zero-order valence-electron chi connectivity index (χ0n) is 8.77. The summed E-state index contributed by atoms with van der Waals surface area (Å²) in [5.41, 5.74) is 0.748. The highest BCUT2D eigenvalue weighted by Crippen LogP contribution is 2.06. The van der Waals surface area contributed by atoms with Crippen LogP contribution in [0.3, 0.4) is 0 Å². The molecular formula is C10H11BrN2O2S. The number of nitrogens with zero attached hydrogens (tertiary/aromatic N) is 2. The first-order valence-electron chi connectivity index (χ1n) is 4.77. The van der Waals surface area contributed by atoms with Crippen molar-refractivity contribution in [3.05, 3.63) is 22.4 Å². The van der Waals surface area contributed by atoms with Gasteiger partial charge in [0.05, 0.1) is 18.7 Å². The van der Waals surface area contributed by atoms with Gasteiger partial charge in [-0.15, -0.1) is 5.10 Å². The maximum atomic E-state index is 11.1. The minimum Gasteiger partial charge on any atom is -0.466 e. The number of ether oxygens (including phenoxy) is 1. The lowest BCUT2D eigenvalue weighted by Crippen LogP contribution is -2.12. The molecule has 1 heterocycles. The first kappa shape index (κ1) is 13.2. The zero-order chi connectivity index (χ0) is 12.0. The first-order valence-corrected chi connectivity index (χ1v) is 5.97. The average Bonchev–Trinajstić information content (AvgIpc) is 2.21. The van der Waals surface area contributed by atoms with Crippen molar-refractivity contribution in [3.8, 4) is 0 Å². The lowest BCUT2D eigenvalue weighted by Gasteiger charge is -2.03. The summed E-state index contributed by atoms with van der Waals surface area (Å²) < 4.78 is 5.47. The van der Waals surface area contributed by atoms with Gasteiger partial charge in [0.25, 0.3) is 0 Å². The third-order valence-corrected chi connectivity index (χ3v) is 2.42. The molecule has 0 unspecified atom stereocenters. The number of hydrogen-bond donors (Lipinski definition) is 0. The Labute approximate surface area is 108 Å². The summed E-state index contributed by atoms with van der Waals surface area (Å²) in [7, 11) is 0. The largest absolute Gasteiger partial charge is 0.466 e. The number of rotatable bonds is 5. The predicted molar refractivity (Wildman–Crippen MR) is 67.3 cm³/mol. The summed E-state index contributed by atoms with van der Waals surface area (Å²) in [6.45, 7) is 2.14. The van der Waals surface area contributed by atoms with Crippen LogP contribution in [0.1, 0.15) is 19.0 Å². The molecule has 0 N–H and O–H groups in total. The highest BCUT2D eigenvalue weighted by atomic mass is 79.9. The Morgan fingerprint density at radius 3 is 2.81 bits per heavy atom. The highest BCUT2D eigenvalue weighted by Gasteiger charge is 2.08. The molecule has 0 radical (unpaired) electrons. The molecule has 0 bridgehead atoms. The van der Waals surface area contributed by atoms with E-state index in [2.05, 4.69) is 26.1 Å². The number of carbonyl (C=O) groups is 1. The van der Waals surface area contributed by atoms with Crippen LogP contribution in [0.15, 0.2) is 16.7 Å². The van der Waals surface area contributed by atoms with Gasteiger partial charge in [0.2, 0.25) is 0 Å². The molecule has 86 valence electrons. The monoisotopic (exact) mass is 302 g/mol. The number of thiocarbonyl (C=S) groups is 1. The van der Waals surface area contributed by atoms with Crippen LogP contribution in [0.25, 0.3) is 0 Å². The van der Waals surface area contributed by atoms with Crippen LogP contribution in [0.5, 0.6) is 0 Å². The number of hydrogen-bond acceptors (Lipinski definition) is 5. The van der Waals surface area contributed by atoms with Crippen LogP contribution < -0.4 is 0 Å². The van der Waals surface area contributed by atoms with E-state index in [0.717, 1.165) is 5.69 Å². The van der Waals surface area contributed by atoms with Crippen molar-refractivity contribution < 1.29 is 9.53 Å². The highest BCUT2D eigenvalue weighted by molar-refractivity contribution is 9.10. The van der Waals surface area contributed by atoms with Gasteiger partial charge in [-0.25, -0.2) is 0 Å². The molecular weight excluding hydrogens is 292 g/mol. The van der Waals surface area contributed by atoms with Gasteiger partial charge in [0.1, 0.15) is 4.60 Å².